The Labute approximate surface area is 78.1 Å². The van der Waals surface area contributed by atoms with Crippen LogP contribution in [0, 0.1) is 0 Å². The minimum absolute atomic E-state index is 0.397. The Bertz CT molecular complexity index is 278. The third-order valence-corrected chi connectivity index (χ3v) is 2.28. The molecule has 4 N–H and O–H groups in total. The zero-order valence-corrected chi connectivity index (χ0v) is 8.73. The normalized spacial score (nSPS) is 12.8. The van der Waals surface area contributed by atoms with Crippen LogP contribution in [0.3, 0.4) is 0 Å². The van der Waals surface area contributed by atoms with Gasteiger partial charge in [-0.05, 0) is 20.8 Å². The minimum atomic E-state index is -3.64. The van der Waals surface area contributed by atoms with Crippen LogP contribution in [0.2, 0.25) is 0 Å². The predicted molar refractivity (Wildman–Crippen MR) is 49.0 cm³/mol. The highest BCUT2D eigenvalue weighted by atomic mass is 32.2. The second kappa shape index (κ2) is 4.03. The first-order valence-electron chi connectivity index (χ1n) is 3.69. The maximum absolute atomic E-state index is 11.1. The van der Waals surface area contributed by atoms with E-state index in [1.54, 1.807) is 20.8 Å². The van der Waals surface area contributed by atoms with Crippen molar-refractivity contribution >= 4 is 16.1 Å². The molecule has 0 aromatic heterocycles. The average molecular weight is 209 g/mol. The molecule has 13 heavy (non-hydrogen) atoms. The molecule has 0 spiro atoms. The van der Waals surface area contributed by atoms with Gasteiger partial charge in [-0.3, -0.25) is 4.79 Å². The van der Waals surface area contributed by atoms with E-state index in [9.17, 15) is 13.2 Å². The lowest BCUT2D eigenvalue weighted by Gasteiger charge is -2.20. The number of carbonyl (C=O) groups is 1. The third kappa shape index (κ3) is 7.69. The monoisotopic (exact) mass is 209 g/mol. The molecule has 0 aromatic rings. The highest BCUT2D eigenvalue weighted by Crippen LogP contribution is 1.99. The summed E-state index contributed by atoms with van der Waals surface area (Å²) in [5, 5.41) is 0. The molecule has 0 unspecified atom stereocenters. The molecule has 0 bridgehead atoms. The topological polar surface area (TPSA) is 101 Å². The van der Waals surface area contributed by atoms with Gasteiger partial charge < -0.3 is 5.73 Å². The molecule has 0 aliphatic heterocycles. The van der Waals surface area contributed by atoms with Crippen LogP contribution >= 0.6 is 0 Å². The number of primary amides is 1. The van der Waals surface area contributed by atoms with Crippen molar-refractivity contribution in [2.75, 3.05) is 6.54 Å². The highest BCUT2D eigenvalue weighted by Gasteiger charge is 2.19. The average Bonchev–Trinajstić information content (AvgIpc) is 1.78. The Balaban J connectivity index is 4.19. The van der Waals surface area contributed by atoms with Crippen LogP contribution in [0.25, 0.3) is 0 Å². The maximum Gasteiger partial charge on any atom is 0.277 e. The molecule has 0 aromatic carbocycles. The number of nitrogens with two attached hydrogens (primary N) is 1. The Kier molecular flexibility index (Phi) is 3.83. The lowest BCUT2D eigenvalue weighted by atomic mass is 10.1. The van der Waals surface area contributed by atoms with E-state index in [0.717, 1.165) is 0 Å². The molecule has 0 aliphatic carbocycles. The summed E-state index contributed by atoms with van der Waals surface area (Å²) in [5.41, 5.74) is 4.19. The Morgan fingerprint density at radius 2 is 1.85 bits per heavy atom. The number of hydrogen-bond acceptors (Lipinski definition) is 3. The molecule has 0 rings (SSSR count). The fourth-order valence-corrected chi connectivity index (χ4v) is 1.82. The van der Waals surface area contributed by atoms with Crippen LogP contribution in [0.5, 0.6) is 0 Å². The van der Waals surface area contributed by atoms with E-state index in [1.807, 2.05) is 4.72 Å². The summed E-state index contributed by atoms with van der Waals surface area (Å²) in [6.45, 7) is 4.68. The van der Waals surface area contributed by atoms with E-state index in [-0.39, 0.29) is 0 Å². The summed E-state index contributed by atoms with van der Waals surface area (Å²) in [6.07, 6.45) is 0. The van der Waals surface area contributed by atoms with Gasteiger partial charge in [-0.2, -0.15) is 17.9 Å². The number of hydrogen-bond donors (Lipinski definition) is 3. The summed E-state index contributed by atoms with van der Waals surface area (Å²) in [5.74, 6) is -0.723. The first kappa shape index (κ1) is 12.3. The second-order valence-corrected chi connectivity index (χ2v) is 5.14. The van der Waals surface area contributed by atoms with E-state index in [0.29, 0.717) is 0 Å². The quantitative estimate of drug-likeness (QED) is 0.536. The van der Waals surface area contributed by atoms with Gasteiger partial charge in [0.15, 0.2) is 0 Å². The van der Waals surface area contributed by atoms with Gasteiger partial charge >= 0.3 is 0 Å². The van der Waals surface area contributed by atoms with E-state index >= 15 is 0 Å². The van der Waals surface area contributed by atoms with Crippen molar-refractivity contribution in [3.8, 4) is 0 Å². The van der Waals surface area contributed by atoms with Crippen LogP contribution < -0.4 is 15.2 Å². The lowest BCUT2D eigenvalue weighted by Crippen LogP contribution is -2.48. The molecule has 78 valence electrons. The fourth-order valence-electron chi connectivity index (χ4n) is 0.605. The van der Waals surface area contributed by atoms with Crippen molar-refractivity contribution in [3.63, 3.8) is 0 Å². The molecule has 0 heterocycles. The van der Waals surface area contributed by atoms with Gasteiger partial charge in [-0.25, -0.2) is 0 Å². The minimum Gasteiger partial charge on any atom is -0.369 e. The summed E-state index contributed by atoms with van der Waals surface area (Å²) < 4.78 is 26.5. The number of nitrogens with one attached hydrogen (secondary N) is 2. The number of carbonyl (C=O) groups excluding carboxylic acids is 1. The summed E-state index contributed by atoms with van der Waals surface area (Å²) in [7, 11) is -3.64. The van der Waals surface area contributed by atoms with Gasteiger partial charge in [0, 0.05) is 5.54 Å². The van der Waals surface area contributed by atoms with Crippen LogP contribution in [-0.2, 0) is 15.0 Å². The van der Waals surface area contributed by atoms with E-state index < -0.39 is 28.2 Å². The van der Waals surface area contributed by atoms with Gasteiger partial charge in [0.05, 0.1) is 6.54 Å². The van der Waals surface area contributed by atoms with E-state index in [4.69, 9.17) is 5.73 Å². The van der Waals surface area contributed by atoms with Gasteiger partial charge in [0.25, 0.3) is 10.2 Å². The Hall–Kier alpha value is -0.660. The molecule has 0 saturated carbocycles. The van der Waals surface area contributed by atoms with E-state index in [2.05, 4.69) is 4.72 Å². The molecule has 7 heteroatoms. The van der Waals surface area contributed by atoms with Crippen LogP contribution in [0.15, 0.2) is 0 Å². The largest absolute Gasteiger partial charge is 0.369 e. The lowest BCUT2D eigenvalue weighted by molar-refractivity contribution is -0.116. The van der Waals surface area contributed by atoms with Crippen LogP contribution in [0.1, 0.15) is 20.8 Å². The van der Waals surface area contributed by atoms with Crippen molar-refractivity contribution in [1.82, 2.24) is 9.44 Å². The summed E-state index contributed by atoms with van der Waals surface area (Å²) >= 11 is 0. The second-order valence-electron chi connectivity index (χ2n) is 3.64. The van der Waals surface area contributed by atoms with Gasteiger partial charge in [0.2, 0.25) is 5.91 Å². The zero-order valence-electron chi connectivity index (χ0n) is 7.92. The van der Waals surface area contributed by atoms with Gasteiger partial charge in [0.1, 0.15) is 0 Å². The first-order valence-corrected chi connectivity index (χ1v) is 5.17. The van der Waals surface area contributed by atoms with Gasteiger partial charge in [-0.1, -0.05) is 0 Å². The maximum atomic E-state index is 11.1. The van der Waals surface area contributed by atoms with Gasteiger partial charge in [-0.15, -0.1) is 0 Å². The van der Waals surface area contributed by atoms with Crippen LogP contribution in [-0.4, -0.2) is 26.4 Å². The fraction of sp³-hybridized carbons (Fsp3) is 0.833. The number of amides is 1. The molecule has 0 fully saturated rings. The molecule has 0 atom stereocenters. The highest BCUT2D eigenvalue weighted by molar-refractivity contribution is 7.87. The van der Waals surface area contributed by atoms with Crippen molar-refractivity contribution in [3.05, 3.63) is 0 Å². The predicted octanol–water partition coefficient (Wildman–Crippen LogP) is -1.31. The molecular weight excluding hydrogens is 194 g/mol. The standard InChI is InChI=1S/C6H15N3O3S/c1-6(2,3)9-13(11,12)8-4-5(7)10/h8-9H,4H2,1-3H3,(H2,7,10). The van der Waals surface area contributed by atoms with Crippen molar-refractivity contribution < 1.29 is 13.2 Å². The molecule has 0 aliphatic rings. The number of rotatable bonds is 4. The SMILES string of the molecule is CC(C)(C)NS(=O)(=O)NCC(N)=O. The Morgan fingerprint density at radius 1 is 1.38 bits per heavy atom. The van der Waals surface area contributed by atoms with E-state index in [1.165, 1.54) is 0 Å². The van der Waals surface area contributed by atoms with Crippen molar-refractivity contribution in [2.24, 2.45) is 5.73 Å². The molecule has 0 saturated heterocycles. The van der Waals surface area contributed by atoms with Crippen LogP contribution in [0.4, 0.5) is 0 Å². The smallest absolute Gasteiger partial charge is 0.277 e. The molecule has 1 amide bonds. The third-order valence-electron chi connectivity index (χ3n) is 0.877. The molecular formula is C6H15N3O3S. The molecule has 0 radical (unpaired) electrons. The summed E-state index contributed by atoms with van der Waals surface area (Å²) in [6, 6.07) is 0. The molecule has 6 nitrogen and oxygen atoms in total. The first-order chi connectivity index (χ1) is 5.62. The van der Waals surface area contributed by atoms with Crippen molar-refractivity contribution in [2.45, 2.75) is 26.3 Å². The van der Waals surface area contributed by atoms with Crippen molar-refractivity contribution in [1.29, 1.82) is 0 Å². The summed E-state index contributed by atoms with van der Waals surface area (Å²) in [4.78, 5) is 10.3. The Morgan fingerprint density at radius 3 is 2.15 bits per heavy atom. The zero-order chi connectivity index (χ0) is 10.7.